The summed E-state index contributed by atoms with van der Waals surface area (Å²) in [7, 11) is 1.66. The summed E-state index contributed by atoms with van der Waals surface area (Å²) in [4.78, 5) is 40.7. The van der Waals surface area contributed by atoms with Gasteiger partial charge in [-0.25, -0.2) is 0 Å². The Morgan fingerprint density at radius 2 is 1.47 bits per heavy atom. The minimum absolute atomic E-state index is 0.147. The highest BCUT2D eigenvalue weighted by Crippen LogP contribution is 2.27. The van der Waals surface area contributed by atoms with Gasteiger partial charge in [0.05, 0.1) is 6.54 Å². The van der Waals surface area contributed by atoms with E-state index in [0.717, 1.165) is 51.4 Å². The van der Waals surface area contributed by atoms with Gasteiger partial charge in [0, 0.05) is 25.2 Å². The maximum atomic E-state index is 13.3. The van der Waals surface area contributed by atoms with Gasteiger partial charge in [0.2, 0.25) is 5.91 Å². The van der Waals surface area contributed by atoms with Crippen molar-refractivity contribution in [2.45, 2.75) is 108 Å². The molecule has 0 radical (unpaired) electrons. The molecule has 1 aromatic heterocycles. The molecule has 2 aliphatic carbocycles. The lowest BCUT2D eigenvalue weighted by molar-refractivity contribution is -0.133. The van der Waals surface area contributed by atoms with Crippen molar-refractivity contribution in [2.75, 3.05) is 7.05 Å². The SMILES string of the molecule is CN1C(=O)c2cc(C(=O)NC3CCCCCC3)nn2C[C@@]1(C)C(=O)NC1CCCCCC1. The first-order valence-electron chi connectivity index (χ1n) is 12.4. The molecule has 1 atom stereocenters. The number of amides is 3. The highest BCUT2D eigenvalue weighted by Gasteiger charge is 2.46. The van der Waals surface area contributed by atoms with Crippen LogP contribution < -0.4 is 10.6 Å². The van der Waals surface area contributed by atoms with Crippen molar-refractivity contribution >= 4 is 17.7 Å². The van der Waals surface area contributed by atoms with Crippen molar-refractivity contribution in [3.05, 3.63) is 17.5 Å². The zero-order valence-corrected chi connectivity index (χ0v) is 19.5. The number of rotatable bonds is 4. The average Bonchev–Trinajstić information content (AvgIpc) is 2.93. The van der Waals surface area contributed by atoms with Gasteiger partial charge in [0.25, 0.3) is 11.8 Å². The summed E-state index contributed by atoms with van der Waals surface area (Å²) in [6, 6.07) is 1.89. The molecule has 0 aromatic carbocycles. The maximum Gasteiger partial charge on any atom is 0.272 e. The number of likely N-dealkylation sites (N-methyl/N-ethyl adjacent to an activating group) is 1. The van der Waals surface area contributed by atoms with E-state index in [9.17, 15) is 14.4 Å². The molecule has 32 heavy (non-hydrogen) atoms. The average molecular weight is 444 g/mol. The van der Waals surface area contributed by atoms with Gasteiger partial charge in [-0.1, -0.05) is 51.4 Å². The molecule has 8 nitrogen and oxygen atoms in total. The summed E-state index contributed by atoms with van der Waals surface area (Å²) >= 11 is 0. The number of nitrogens with one attached hydrogen (secondary N) is 2. The number of hydrogen-bond donors (Lipinski definition) is 2. The Morgan fingerprint density at radius 1 is 0.938 bits per heavy atom. The van der Waals surface area contributed by atoms with E-state index in [0.29, 0.717) is 5.69 Å². The Morgan fingerprint density at radius 3 is 2.03 bits per heavy atom. The lowest BCUT2D eigenvalue weighted by Crippen LogP contribution is -2.63. The molecule has 3 amide bonds. The molecule has 0 saturated heterocycles. The first-order chi connectivity index (χ1) is 15.4. The van der Waals surface area contributed by atoms with Crippen LogP contribution in [0.1, 0.15) is 105 Å². The van der Waals surface area contributed by atoms with E-state index in [-0.39, 0.29) is 42.0 Å². The second kappa shape index (κ2) is 9.63. The minimum atomic E-state index is -1.04. The van der Waals surface area contributed by atoms with Gasteiger partial charge in [0.15, 0.2) is 5.69 Å². The predicted octanol–water partition coefficient (Wildman–Crippen LogP) is 3.02. The Hall–Kier alpha value is -2.38. The monoisotopic (exact) mass is 443 g/mol. The molecule has 0 unspecified atom stereocenters. The normalized spacial score (nSPS) is 25.6. The quantitative estimate of drug-likeness (QED) is 0.699. The van der Waals surface area contributed by atoms with E-state index in [1.54, 1.807) is 20.0 Å². The molecule has 1 aliphatic heterocycles. The van der Waals surface area contributed by atoms with Gasteiger partial charge < -0.3 is 15.5 Å². The number of aromatic nitrogens is 2. The summed E-state index contributed by atoms with van der Waals surface area (Å²) < 4.78 is 1.54. The van der Waals surface area contributed by atoms with Gasteiger partial charge in [-0.05, 0) is 32.6 Å². The molecule has 2 N–H and O–H groups in total. The van der Waals surface area contributed by atoms with E-state index >= 15 is 0 Å². The van der Waals surface area contributed by atoms with Crippen LogP contribution in [0.2, 0.25) is 0 Å². The summed E-state index contributed by atoms with van der Waals surface area (Å²) in [5, 5.41) is 10.7. The third-order valence-corrected chi connectivity index (χ3v) is 7.60. The van der Waals surface area contributed by atoms with Crippen LogP contribution in [0.3, 0.4) is 0 Å². The third kappa shape index (κ3) is 4.69. The molecule has 2 saturated carbocycles. The van der Waals surface area contributed by atoms with Crippen LogP contribution in [-0.2, 0) is 11.3 Å². The molecule has 176 valence electrons. The second-order valence-corrected chi connectivity index (χ2v) is 10.0. The van der Waals surface area contributed by atoms with Crippen LogP contribution in [-0.4, -0.2) is 57.1 Å². The lowest BCUT2D eigenvalue weighted by Gasteiger charge is -2.41. The van der Waals surface area contributed by atoms with E-state index in [1.807, 2.05) is 0 Å². The van der Waals surface area contributed by atoms with Crippen molar-refractivity contribution in [3.63, 3.8) is 0 Å². The molecule has 2 fully saturated rings. The third-order valence-electron chi connectivity index (χ3n) is 7.60. The van der Waals surface area contributed by atoms with Crippen molar-refractivity contribution in [3.8, 4) is 0 Å². The second-order valence-electron chi connectivity index (χ2n) is 10.0. The standard InChI is InChI=1S/C24H37N5O3/c1-24(23(32)26-18-13-9-5-6-10-14-18)16-29-20(22(31)28(24)2)15-19(27-29)21(30)25-17-11-7-3-4-8-12-17/h15,17-18H,3-14,16H2,1-2H3,(H,25,30)(H,26,32)/t24-/m0/s1. The predicted molar refractivity (Wildman–Crippen MR) is 121 cm³/mol. The van der Waals surface area contributed by atoms with Gasteiger partial charge in [-0.2, -0.15) is 5.10 Å². The van der Waals surface area contributed by atoms with Crippen LogP contribution in [0.25, 0.3) is 0 Å². The highest BCUT2D eigenvalue weighted by atomic mass is 16.2. The zero-order chi connectivity index (χ0) is 22.7. The zero-order valence-electron chi connectivity index (χ0n) is 19.5. The van der Waals surface area contributed by atoms with Gasteiger partial charge in [-0.15, -0.1) is 0 Å². The Labute approximate surface area is 190 Å². The van der Waals surface area contributed by atoms with Crippen molar-refractivity contribution in [1.29, 1.82) is 0 Å². The van der Waals surface area contributed by atoms with Crippen molar-refractivity contribution in [2.24, 2.45) is 0 Å². The van der Waals surface area contributed by atoms with Gasteiger partial charge >= 0.3 is 0 Å². The van der Waals surface area contributed by atoms with Crippen LogP contribution in [0.5, 0.6) is 0 Å². The van der Waals surface area contributed by atoms with Crippen molar-refractivity contribution < 1.29 is 14.4 Å². The van der Waals surface area contributed by atoms with Crippen LogP contribution >= 0.6 is 0 Å². The molecule has 8 heteroatoms. The molecular formula is C24H37N5O3. The van der Waals surface area contributed by atoms with E-state index in [2.05, 4.69) is 15.7 Å². The Bertz CT molecular complexity index is 850. The molecule has 4 rings (SSSR count). The summed E-state index contributed by atoms with van der Waals surface area (Å²) in [6.45, 7) is 2.02. The van der Waals surface area contributed by atoms with Crippen molar-refractivity contribution in [1.82, 2.24) is 25.3 Å². The Kier molecular flexibility index (Phi) is 6.86. The first kappa shape index (κ1) is 22.8. The number of hydrogen-bond acceptors (Lipinski definition) is 4. The van der Waals surface area contributed by atoms with E-state index in [4.69, 9.17) is 0 Å². The fourth-order valence-electron chi connectivity index (χ4n) is 5.29. The lowest BCUT2D eigenvalue weighted by atomic mass is 9.95. The van der Waals surface area contributed by atoms with Crippen LogP contribution in [0.15, 0.2) is 6.07 Å². The summed E-state index contributed by atoms with van der Waals surface area (Å²) in [5.74, 6) is -0.666. The smallest absolute Gasteiger partial charge is 0.272 e. The first-order valence-corrected chi connectivity index (χ1v) is 12.4. The highest BCUT2D eigenvalue weighted by molar-refractivity contribution is 6.01. The van der Waals surface area contributed by atoms with Crippen LogP contribution in [0.4, 0.5) is 0 Å². The van der Waals surface area contributed by atoms with E-state index < -0.39 is 5.54 Å². The largest absolute Gasteiger partial charge is 0.351 e. The molecule has 0 spiro atoms. The summed E-state index contributed by atoms with van der Waals surface area (Å²) in [5.41, 5.74) is -0.435. The molecule has 3 aliphatic rings. The van der Waals surface area contributed by atoms with E-state index in [1.165, 1.54) is 35.3 Å². The number of carbonyl (C=O) groups excluding carboxylic acids is 3. The summed E-state index contributed by atoms with van der Waals surface area (Å²) in [6.07, 6.45) is 13.3. The minimum Gasteiger partial charge on any atom is -0.351 e. The molecule has 2 heterocycles. The molecule has 0 bridgehead atoms. The molecule has 1 aromatic rings. The Balaban J connectivity index is 1.47. The number of nitrogens with zero attached hydrogens (tertiary/aromatic N) is 3. The van der Waals surface area contributed by atoms with Gasteiger partial charge in [0.1, 0.15) is 11.2 Å². The number of carbonyl (C=O) groups is 3. The van der Waals surface area contributed by atoms with Gasteiger partial charge in [-0.3, -0.25) is 19.1 Å². The fourth-order valence-corrected chi connectivity index (χ4v) is 5.29. The fraction of sp³-hybridized carbons (Fsp3) is 0.750. The maximum absolute atomic E-state index is 13.3. The topological polar surface area (TPSA) is 96.3 Å². The number of fused-ring (bicyclic) bond motifs is 1. The van der Waals surface area contributed by atoms with Crippen LogP contribution in [0, 0.1) is 0 Å². The molecular weight excluding hydrogens is 406 g/mol.